The van der Waals surface area contributed by atoms with Crippen LogP contribution in [0.25, 0.3) is 10.9 Å². The topological polar surface area (TPSA) is 58.9 Å². The quantitative estimate of drug-likeness (QED) is 0.702. The molecule has 0 amide bonds. The van der Waals surface area contributed by atoms with Gasteiger partial charge in [-0.25, -0.2) is 0 Å². The van der Waals surface area contributed by atoms with E-state index in [1.54, 1.807) is 0 Å². The Bertz CT molecular complexity index is 718. The Hall–Kier alpha value is -2.39. The maximum Gasteiger partial charge on any atom is 0.149 e. The molecule has 0 aliphatic rings. The van der Waals surface area contributed by atoms with Crippen molar-refractivity contribution in [2.24, 2.45) is 5.73 Å². The molecule has 2 aromatic carbocycles. The highest BCUT2D eigenvalue weighted by atomic mass is 16.1. The molecule has 1 atom stereocenters. The minimum absolute atomic E-state index is 0.787. The Morgan fingerprint density at radius 2 is 1.68 bits per heavy atom. The summed E-state index contributed by atoms with van der Waals surface area (Å²) >= 11 is 0. The van der Waals surface area contributed by atoms with Crippen molar-refractivity contribution in [2.45, 2.75) is 5.54 Å². The van der Waals surface area contributed by atoms with Crippen LogP contribution in [0.4, 0.5) is 0 Å². The molecule has 0 spiro atoms. The molecule has 3 rings (SSSR count). The molecule has 94 valence electrons. The molecule has 0 radical (unpaired) electrons. The van der Waals surface area contributed by atoms with E-state index < -0.39 is 5.54 Å². The lowest BCUT2D eigenvalue weighted by Gasteiger charge is -2.23. The molecule has 0 saturated heterocycles. The number of aromatic nitrogens is 1. The number of benzene rings is 2. The van der Waals surface area contributed by atoms with Gasteiger partial charge in [0.05, 0.1) is 0 Å². The number of carbonyl (C=O) groups is 1. The average molecular weight is 250 g/mol. The fourth-order valence-corrected chi connectivity index (χ4v) is 2.41. The molecule has 0 fully saturated rings. The van der Waals surface area contributed by atoms with Crippen molar-refractivity contribution in [3.63, 3.8) is 0 Å². The maximum atomic E-state index is 11.6. The van der Waals surface area contributed by atoms with Gasteiger partial charge in [0, 0.05) is 22.7 Å². The Morgan fingerprint density at radius 1 is 1.00 bits per heavy atom. The minimum atomic E-state index is -1.12. The third-order valence-electron chi connectivity index (χ3n) is 3.47. The van der Waals surface area contributed by atoms with Gasteiger partial charge < -0.3 is 15.5 Å². The first kappa shape index (κ1) is 11.7. The van der Waals surface area contributed by atoms with Gasteiger partial charge in [-0.2, -0.15) is 0 Å². The van der Waals surface area contributed by atoms with Gasteiger partial charge in [-0.1, -0.05) is 48.5 Å². The standard InChI is InChI=1S/C16H14N2O/c17-16(11-19,12-6-2-1-3-7-12)14-10-18-15-9-5-4-8-13(14)15/h1-11,18H,17H2. The largest absolute Gasteiger partial charge is 0.361 e. The monoisotopic (exact) mass is 250 g/mol. The molecule has 19 heavy (non-hydrogen) atoms. The van der Waals surface area contributed by atoms with Gasteiger partial charge >= 0.3 is 0 Å². The number of nitrogens with one attached hydrogen (secondary N) is 1. The predicted octanol–water partition coefficient (Wildman–Crippen LogP) is 2.57. The van der Waals surface area contributed by atoms with Crippen LogP contribution in [0.2, 0.25) is 0 Å². The van der Waals surface area contributed by atoms with Crippen LogP contribution in [-0.4, -0.2) is 11.3 Å². The average Bonchev–Trinajstić information content (AvgIpc) is 2.92. The highest BCUT2D eigenvalue weighted by Crippen LogP contribution is 2.30. The number of aromatic amines is 1. The van der Waals surface area contributed by atoms with Crippen LogP contribution in [0.15, 0.2) is 60.8 Å². The first-order valence-corrected chi connectivity index (χ1v) is 6.13. The van der Waals surface area contributed by atoms with Crippen LogP contribution in [0, 0.1) is 0 Å². The molecule has 0 aliphatic carbocycles. The lowest BCUT2D eigenvalue weighted by atomic mass is 9.85. The van der Waals surface area contributed by atoms with Crippen molar-refractivity contribution >= 4 is 17.2 Å². The zero-order valence-corrected chi connectivity index (χ0v) is 10.3. The number of nitrogens with two attached hydrogens (primary N) is 1. The fourth-order valence-electron chi connectivity index (χ4n) is 2.41. The highest BCUT2D eigenvalue weighted by molar-refractivity contribution is 5.90. The molecule has 3 aromatic rings. The van der Waals surface area contributed by atoms with E-state index in [4.69, 9.17) is 5.73 Å². The van der Waals surface area contributed by atoms with Gasteiger partial charge in [0.15, 0.2) is 0 Å². The van der Waals surface area contributed by atoms with E-state index in [9.17, 15) is 4.79 Å². The number of hydrogen-bond acceptors (Lipinski definition) is 2. The van der Waals surface area contributed by atoms with Gasteiger partial charge in [0.2, 0.25) is 0 Å². The summed E-state index contributed by atoms with van der Waals surface area (Å²) in [7, 11) is 0. The van der Waals surface area contributed by atoms with Crippen LogP contribution >= 0.6 is 0 Å². The molecule has 3 nitrogen and oxygen atoms in total. The van der Waals surface area contributed by atoms with E-state index in [1.165, 1.54) is 0 Å². The van der Waals surface area contributed by atoms with E-state index >= 15 is 0 Å². The molecular weight excluding hydrogens is 236 g/mol. The SMILES string of the molecule is NC(C=O)(c1ccccc1)c1c[nH]c2ccccc12. The number of para-hydroxylation sites is 1. The van der Waals surface area contributed by atoms with Crippen molar-refractivity contribution in [2.75, 3.05) is 0 Å². The molecule has 3 N–H and O–H groups in total. The zero-order chi connectivity index (χ0) is 13.3. The van der Waals surface area contributed by atoms with E-state index in [1.807, 2.05) is 60.8 Å². The van der Waals surface area contributed by atoms with Crippen molar-refractivity contribution in [3.05, 3.63) is 71.9 Å². The molecular formula is C16H14N2O. The number of carbonyl (C=O) groups excluding carboxylic acids is 1. The summed E-state index contributed by atoms with van der Waals surface area (Å²) in [6.07, 6.45) is 2.62. The van der Waals surface area contributed by atoms with E-state index in [2.05, 4.69) is 4.98 Å². The molecule has 1 unspecified atom stereocenters. The van der Waals surface area contributed by atoms with Gasteiger partial charge in [-0.3, -0.25) is 0 Å². The highest BCUT2D eigenvalue weighted by Gasteiger charge is 2.31. The number of H-pyrrole nitrogens is 1. The van der Waals surface area contributed by atoms with E-state index in [-0.39, 0.29) is 0 Å². The normalized spacial score (nSPS) is 14.2. The van der Waals surface area contributed by atoms with Crippen LogP contribution in [0.3, 0.4) is 0 Å². The predicted molar refractivity (Wildman–Crippen MR) is 75.8 cm³/mol. The summed E-state index contributed by atoms with van der Waals surface area (Å²) in [5, 5.41) is 0.973. The smallest absolute Gasteiger partial charge is 0.149 e. The fraction of sp³-hybridized carbons (Fsp3) is 0.0625. The number of hydrogen-bond donors (Lipinski definition) is 2. The number of aldehydes is 1. The first-order valence-electron chi connectivity index (χ1n) is 6.13. The summed E-state index contributed by atoms with van der Waals surface area (Å²) < 4.78 is 0. The first-order chi connectivity index (χ1) is 9.25. The van der Waals surface area contributed by atoms with Gasteiger partial charge in [-0.05, 0) is 11.6 Å². The summed E-state index contributed by atoms with van der Waals surface area (Å²) in [6, 6.07) is 17.2. The Kier molecular flexibility index (Phi) is 2.69. The summed E-state index contributed by atoms with van der Waals surface area (Å²) in [4.78, 5) is 14.8. The third-order valence-corrected chi connectivity index (χ3v) is 3.47. The van der Waals surface area contributed by atoms with Crippen molar-refractivity contribution in [1.82, 2.24) is 4.98 Å². The van der Waals surface area contributed by atoms with Gasteiger partial charge in [-0.15, -0.1) is 0 Å². The van der Waals surface area contributed by atoms with Crippen molar-refractivity contribution in [1.29, 1.82) is 0 Å². The van der Waals surface area contributed by atoms with Gasteiger partial charge in [0.25, 0.3) is 0 Å². The lowest BCUT2D eigenvalue weighted by molar-refractivity contribution is -0.111. The molecule has 0 bridgehead atoms. The van der Waals surface area contributed by atoms with Crippen LogP contribution in [-0.2, 0) is 10.3 Å². The lowest BCUT2D eigenvalue weighted by Crippen LogP contribution is -2.39. The maximum absolute atomic E-state index is 11.6. The third kappa shape index (κ3) is 1.75. The molecule has 0 saturated carbocycles. The minimum Gasteiger partial charge on any atom is -0.361 e. The van der Waals surface area contributed by atoms with Crippen molar-refractivity contribution < 1.29 is 4.79 Å². The summed E-state index contributed by atoms with van der Waals surface area (Å²) in [6.45, 7) is 0. The second kappa shape index (κ2) is 4.37. The van der Waals surface area contributed by atoms with Crippen LogP contribution < -0.4 is 5.73 Å². The Labute approximate surface area is 111 Å². The molecule has 3 heteroatoms. The van der Waals surface area contributed by atoms with E-state index in [0.29, 0.717) is 0 Å². The second-order valence-corrected chi connectivity index (χ2v) is 4.60. The number of fused-ring (bicyclic) bond motifs is 1. The summed E-state index contributed by atoms with van der Waals surface area (Å²) in [5.74, 6) is 0. The molecule has 0 aliphatic heterocycles. The second-order valence-electron chi connectivity index (χ2n) is 4.60. The van der Waals surface area contributed by atoms with Crippen LogP contribution in [0.1, 0.15) is 11.1 Å². The summed E-state index contributed by atoms with van der Waals surface area (Å²) in [5.41, 5.74) is 7.80. The van der Waals surface area contributed by atoms with Crippen molar-refractivity contribution in [3.8, 4) is 0 Å². The molecule has 1 heterocycles. The van der Waals surface area contributed by atoms with Gasteiger partial charge in [0.1, 0.15) is 11.8 Å². The van der Waals surface area contributed by atoms with E-state index in [0.717, 1.165) is 28.3 Å². The molecule has 1 aromatic heterocycles. The Balaban J connectivity index is 2.25. The Morgan fingerprint density at radius 3 is 2.42 bits per heavy atom. The number of rotatable bonds is 3. The van der Waals surface area contributed by atoms with Crippen LogP contribution in [0.5, 0.6) is 0 Å². The zero-order valence-electron chi connectivity index (χ0n) is 10.3.